The van der Waals surface area contributed by atoms with E-state index < -0.39 is 0 Å². The van der Waals surface area contributed by atoms with E-state index in [1.54, 1.807) is 11.3 Å². The van der Waals surface area contributed by atoms with Crippen LogP contribution in [0.5, 0.6) is 0 Å². The number of halogens is 1. The lowest BCUT2D eigenvalue weighted by atomic mass is 10.1. The molecule has 3 N–H and O–H groups in total. The van der Waals surface area contributed by atoms with Crippen molar-refractivity contribution < 1.29 is 0 Å². The topological polar surface area (TPSA) is 38.0 Å². The zero-order chi connectivity index (χ0) is 11.5. The molecule has 0 saturated heterocycles. The third kappa shape index (κ3) is 3.06. The van der Waals surface area contributed by atoms with Crippen LogP contribution in [0, 0.1) is 5.92 Å². The molecule has 0 spiro atoms. The molecule has 1 fully saturated rings. The first-order valence-corrected chi connectivity index (χ1v) is 7.56. The van der Waals surface area contributed by atoms with Crippen LogP contribution in [0.3, 0.4) is 0 Å². The minimum atomic E-state index is 0.326. The first-order valence-electron chi connectivity index (χ1n) is 5.89. The third-order valence-corrected chi connectivity index (χ3v) is 5.11. The van der Waals surface area contributed by atoms with Gasteiger partial charge in [-0.05, 0) is 47.2 Å². The van der Waals surface area contributed by atoms with Crippen molar-refractivity contribution >= 4 is 27.3 Å². The second kappa shape index (κ2) is 5.63. The molecule has 16 heavy (non-hydrogen) atoms. The summed E-state index contributed by atoms with van der Waals surface area (Å²) < 4.78 is 1.16. The lowest BCUT2D eigenvalue weighted by molar-refractivity contribution is 0.438. The van der Waals surface area contributed by atoms with Gasteiger partial charge in [0.15, 0.2) is 0 Å². The molecule has 1 aliphatic rings. The lowest BCUT2D eigenvalue weighted by Gasteiger charge is -2.20. The number of nitrogens with one attached hydrogen (secondary N) is 1. The van der Waals surface area contributed by atoms with Gasteiger partial charge in [0.1, 0.15) is 0 Å². The van der Waals surface area contributed by atoms with Gasteiger partial charge in [0.2, 0.25) is 0 Å². The molecule has 1 aliphatic carbocycles. The Labute approximate surface area is 110 Å². The summed E-state index contributed by atoms with van der Waals surface area (Å²) in [5.74, 6) is 0.867. The molecule has 2 rings (SSSR count). The molecular formula is C12H19BrN2S. The Bertz CT molecular complexity index is 340. The van der Waals surface area contributed by atoms with Crippen LogP contribution in [0.25, 0.3) is 0 Å². The Morgan fingerprint density at radius 2 is 2.44 bits per heavy atom. The van der Waals surface area contributed by atoms with Gasteiger partial charge in [0.25, 0.3) is 0 Å². The molecule has 0 aliphatic heterocycles. The van der Waals surface area contributed by atoms with E-state index in [9.17, 15) is 0 Å². The summed E-state index contributed by atoms with van der Waals surface area (Å²) in [5, 5.41) is 5.81. The second-order valence-electron chi connectivity index (χ2n) is 4.74. The minimum absolute atomic E-state index is 0.326. The standard InChI is InChI=1S/C12H19BrN2S/c1-8-2-3-10(4-8)15-11(6-14)12-5-9(13)7-16-12/h5,7-8,10-11,15H,2-4,6,14H2,1H3. The maximum atomic E-state index is 5.86. The summed E-state index contributed by atoms with van der Waals surface area (Å²) in [6.45, 7) is 3.01. The van der Waals surface area contributed by atoms with Crippen molar-refractivity contribution in [2.75, 3.05) is 6.54 Å². The van der Waals surface area contributed by atoms with Gasteiger partial charge in [-0.3, -0.25) is 0 Å². The van der Waals surface area contributed by atoms with Crippen molar-refractivity contribution in [3.63, 3.8) is 0 Å². The van der Waals surface area contributed by atoms with E-state index in [1.807, 2.05) is 0 Å². The zero-order valence-corrected chi connectivity index (χ0v) is 12.0. The van der Waals surface area contributed by atoms with Crippen LogP contribution in [0.1, 0.15) is 37.1 Å². The van der Waals surface area contributed by atoms with E-state index in [0.717, 1.165) is 10.4 Å². The van der Waals surface area contributed by atoms with Crippen LogP contribution >= 0.6 is 27.3 Å². The molecular weight excluding hydrogens is 284 g/mol. The Kier molecular flexibility index (Phi) is 4.41. The molecule has 0 amide bonds. The quantitative estimate of drug-likeness (QED) is 0.896. The molecule has 3 atom stereocenters. The summed E-state index contributed by atoms with van der Waals surface area (Å²) in [4.78, 5) is 1.34. The molecule has 1 saturated carbocycles. The van der Waals surface area contributed by atoms with Crippen molar-refractivity contribution in [1.82, 2.24) is 5.32 Å². The van der Waals surface area contributed by atoms with Gasteiger partial charge in [-0.1, -0.05) is 6.92 Å². The maximum Gasteiger partial charge on any atom is 0.0541 e. The van der Waals surface area contributed by atoms with Gasteiger partial charge in [-0.25, -0.2) is 0 Å². The first-order chi connectivity index (χ1) is 7.69. The number of thiophene rings is 1. The average Bonchev–Trinajstić information content (AvgIpc) is 2.84. The molecule has 0 bridgehead atoms. The van der Waals surface area contributed by atoms with Gasteiger partial charge >= 0.3 is 0 Å². The number of nitrogens with two attached hydrogens (primary N) is 1. The summed E-state index contributed by atoms with van der Waals surface area (Å²) >= 11 is 5.27. The van der Waals surface area contributed by atoms with Gasteiger partial charge in [0.05, 0.1) is 6.04 Å². The molecule has 1 aromatic heterocycles. The second-order valence-corrected chi connectivity index (χ2v) is 6.60. The summed E-state index contributed by atoms with van der Waals surface area (Å²) in [6.07, 6.45) is 3.94. The van der Waals surface area contributed by atoms with Crippen LogP contribution in [0.15, 0.2) is 15.9 Å². The monoisotopic (exact) mass is 302 g/mol. The predicted molar refractivity (Wildman–Crippen MR) is 73.8 cm³/mol. The van der Waals surface area contributed by atoms with Crippen molar-refractivity contribution in [3.8, 4) is 0 Å². The molecule has 2 nitrogen and oxygen atoms in total. The molecule has 4 heteroatoms. The maximum absolute atomic E-state index is 5.86. The van der Waals surface area contributed by atoms with E-state index >= 15 is 0 Å². The third-order valence-electron chi connectivity index (χ3n) is 3.30. The highest BCUT2D eigenvalue weighted by atomic mass is 79.9. The number of hydrogen-bond donors (Lipinski definition) is 2. The van der Waals surface area contributed by atoms with Crippen LogP contribution in [0.2, 0.25) is 0 Å². The molecule has 90 valence electrons. The Balaban J connectivity index is 1.95. The van der Waals surface area contributed by atoms with E-state index in [2.05, 4.69) is 39.6 Å². The smallest absolute Gasteiger partial charge is 0.0541 e. The van der Waals surface area contributed by atoms with Crippen LogP contribution < -0.4 is 11.1 Å². The first kappa shape index (κ1) is 12.6. The predicted octanol–water partition coefficient (Wildman–Crippen LogP) is 3.29. The van der Waals surface area contributed by atoms with E-state index in [-0.39, 0.29) is 0 Å². The summed E-state index contributed by atoms with van der Waals surface area (Å²) in [7, 11) is 0. The van der Waals surface area contributed by atoms with Gasteiger partial charge in [-0.15, -0.1) is 11.3 Å². The van der Waals surface area contributed by atoms with Crippen molar-refractivity contribution in [2.45, 2.75) is 38.3 Å². The Morgan fingerprint density at radius 3 is 2.94 bits per heavy atom. The summed E-state index contributed by atoms with van der Waals surface area (Å²) in [6, 6.07) is 3.16. The molecule has 1 aromatic rings. The molecule has 3 unspecified atom stereocenters. The molecule has 1 heterocycles. The van der Waals surface area contributed by atoms with Crippen LogP contribution in [0.4, 0.5) is 0 Å². The fourth-order valence-electron chi connectivity index (χ4n) is 2.42. The normalized spacial score (nSPS) is 27.2. The van der Waals surface area contributed by atoms with Gasteiger partial charge in [0, 0.05) is 27.3 Å². The minimum Gasteiger partial charge on any atom is -0.329 e. The van der Waals surface area contributed by atoms with Gasteiger partial charge < -0.3 is 11.1 Å². The van der Waals surface area contributed by atoms with Gasteiger partial charge in [-0.2, -0.15) is 0 Å². The fraction of sp³-hybridized carbons (Fsp3) is 0.667. The highest BCUT2D eigenvalue weighted by molar-refractivity contribution is 9.10. The van der Waals surface area contributed by atoms with Crippen LogP contribution in [-0.4, -0.2) is 12.6 Å². The highest BCUT2D eigenvalue weighted by Gasteiger charge is 2.24. The van der Waals surface area contributed by atoms with E-state index in [1.165, 1.54) is 24.1 Å². The number of hydrogen-bond acceptors (Lipinski definition) is 3. The van der Waals surface area contributed by atoms with Crippen molar-refractivity contribution in [3.05, 3.63) is 20.8 Å². The average molecular weight is 303 g/mol. The summed E-state index contributed by atoms with van der Waals surface area (Å²) in [5.41, 5.74) is 5.86. The molecule has 0 aromatic carbocycles. The van der Waals surface area contributed by atoms with E-state index in [0.29, 0.717) is 18.6 Å². The van der Waals surface area contributed by atoms with Crippen molar-refractivity contribution in [2.24, 2.45) is 11.7 Å². The highest BCUT2D eigenvalue weighted by Crippen LogP contribution is 2.29. The largest absolute Gasteiger partial charge is 0.329 e. The van der Waals surface area contributed by atoms with Crippen LogP contribution in [-0.2, 0) is 0 Å². The molecule has 0 radical (unpaired) electrons. The zero-order valence-electron chi connectivity index (χ0n) is 9.58. The lowest BCUT2D eigenvalue weighted by Crippen LogP contribution is -2.34. The Hall–Kier alpha value is 0.1000. The van der Waals surface area contributed by atoms with E-state index in [4.69, 9.17) is 5.73 Å². The Morgan fingerprint density at radius 1 is 1.62 bits per heavy atom. The number of rotatable bonds is 4. The van der Waals surface area contributed by atoms with Crippen molar-refractivity contribution in [1.29, 1.82) is 0 Å². The SMILES string of the molecule is CC1CCC(NC(CN)c2cc(Br)cs2)C1. The fourth-order valence-corrected chi connectivity index (χ4v) is 3.94.